The summed E-state index contributed by atoms with van der Waals surface area (Å²) in [5, 5.41) is 3.66. The minimum Gasteiger partial charge on any atom is -0.354 e. The van der Waals surface area contributed by atoms with Crippen molar-refractivity contribution in [1.29, 1.82) is 0 Å². The van der Waals surface area contributed by atoms with E-state index in [0.717, 1.165) is 28.4 Å². The van der Waals surface area contributed by atoms with E-state index >= 15 is 0 Å². The summed E-state index contributed by atoms with van der Waals surface area (Å²) in [5.74, 6) is 0. The molecule has 32 heavy (non-hydrogen) atoms. The summed E-state index contributed by atoms with van der Waals surface area (Å²) in [6.45, 7) is 0. The average Bonchev–Trinajstić information content (AvgIpc) is 2.87. The molecule has 1 N–H and O–H groups in total. The highest BCUT2D eigenvalue weighted by molar-refractivity contribution is 5.96. The molecule has 0 bridgehead atoms. The summed E-state index contributed by atoms with van der Waals surface area (Å²) < 4.78 is 0. The third kappa shape index (κ3) is 4.12. The lowest BCUT2D eigenvalue weighted by Crippen LogP contribution is -2.13. The Hall–Kier alpha value is -4.30. The zero-order chi connectivity index (χ0) is 21.6. The van der Waals surface area contributed by atoms with E-state index in [0.29, 0.717) is 0 Å². The van der Waals surface area contributed by atoms with Gasteiger partial charge in [0.2, 0.25) is 0 Å². The number of rotatable bonds is 6. The Balaban J connectivity index is 1.77. The van der Waals surface area contributed by atoms with Gasteiger partial charge in [0, 0.05) is 22.6 Å². The van der Waals surface area contributed by atoms with E-state index in [-0.39, 0.29) is 0 Å². The molecule has 0 saturated heterocycles. The van der Waals surface area contributed by atoms with Crippen LogP contribution in [-0.4, -0.2) is 0 Å². The minimum atomic E-state index is 1.05. The molecule has 0 fully saturated rings. The number of nitrogens with zero attached hydrogens (tertiary/aromatic N) is 1. The molecule has 0 amide bonds. The van der Waals surface area contributed by atoms with Crippen molar-refractivity contribution in [3.05, 3.63) is 140 Å². The minimum absolute atomic E-state index is 1.05. The number of hydrogen-bond donors (Lipinski definition) is 1. The molecule has 0 saturated carbocycles. The Morgan fingerprint density at radius 2 is 0.938 bits per heavy atom. The van der Waals surface area contributed by atoms with Crippen LogP contribution in [0.3, 0.4) is 0 Å². The van der Waals surface area contributed by atoms with Crippen LogP contribution < -0.4 is 10.2 Å². The van der Waals surface area contributed by atoms with Gasteiger partial charge in [0.05, 0.1) is 11.4 Å². The molecule has 0 heterocycles. The molecular formula is C30H24N2. The molecule has 5 aromatic rings. The van der Waals surface area contributed by atoms with Crippen LogP contribution in [-0.2, 0) is 0 Å². The maximum atomic E-state index is 3.66. The van der Waals surface area contributed by atoms with Gasteiger partial charge < -0.3 is 10.2 Å². The molecule has 0 aliphatic heterocycles. The number of para-hydroxylation sites is 4. The van der Waals surface area contributed by atoms with Crippen LogP contribution >= 0.6 is 0 Å². The highest BCUT2D eigenvalue weighted by Gasteiger charge is 2.20. The molecule has 5 aromatic carbocycles. The highest BCUT2D eigenvalue weighted by atomic mass is 15.2. The number of benzene rings is 5. The van der Waals surface area contributed by atoms with E-state index in [1.165, 1.54) is 11.1 Å². The molecule has 5 rings (SSSR count). The summed E-state index contributed by atoms with van der Waals surface area (Å²) in [6, 6.07) is 48.4. The smallest absolute Gasteiger partial charge is 0.0775 e. The fourth-order valence-electron chi connectivity index (χ4n) is 3.97. The van der Waals surface area contributed by atoms with E-state index < -0.39 is 0 Å². The van der Waals surface area contributed by atoms with E-state index in [1.54, 1.807) is 0 Å². The van der Waals surface area contributed by atoms with E-state index in [2.05, 4.69) is 144 Å². The van der Waals surface area contributed by atoms with Gasteiger partial charge in [0.25, 0.3) is 0 Å². The SMILES string of the molecule is c1ccc(Nc2cccc(-c3ccccc3)c2N(c2ccccc2)c2ccccc2)cc1. The molecule has 0 aliphatic carbocycles. The van der Waals surface area contributed by atoms with Crippen LogP contribution in [0.5, 0.6) is 0 Å². The van der Waals surface area contributed by atoms with Crippen molar-refractivity contribution < 1.29 is 0 Å². The molecule has 154 valence electrons. The molecule has 2 nitrogen and oxygen atoms in total. The average molecular weight is 413 g/mol. The Labute approximate surface area is 189 Å². The van der Waals surface area contributed by atoms with Gasteiger partial charge in [-0.05, 0) is 48.0 Å². The van der Waals surface area contributed by atoms with Crippen LogP contribution in [0.2, 0.25) is 0 Å². The van der Waals surface area contributed by atoms with Gasteiger partial charge in [-0.2, -0.15) is 0 Å². The first-order valence-corrected chi connectivity index (χ1v) is 10.8. The largest absolute Gasteiger partial charge is 0.354 e. The predicted octanol–water partition coefficient (Wildman–Crippen LogP) is 8.57. The van der Waals surface area contributed by atoms with Crippen molar-refractivity contribution >= 4 is 28.4 Å². The van der Waals surface area contributed by atoms with Gasteiger partial charge in [-0.25, -0.2) is 0 Å². The zero-order valence-corrected chi connectivity index (χ0v) is 17.7. The summed E-state index contributed by atoms with van der Waals surface area (Å²) in [5.41, 5.74) is 7.77. The van der Waals surface area contributed by atoms with Crippen LogP contribution in [0.25, 0.3) is 11.1 Å². The summed E-state index contributed by atoms with van der Waals surface area (Å²) in [6.07, 6.45) is 0. The normalized spacial score (nSPS) is 10.5. The Morgan fingerprint density at radius 3 is 1.50 bits per heavy atom. The van der Waals surface area contributed by atoms with Crippen LogP contribution in [0.4, 0.5) is 28.4 Å². The summed E-state index contributed by atoms with van der Waals surface area (Å²) in [4.78, 5) is 2.33. The molecule has 0 aromatic heterocycles. The van der Waals surface area contributed by atoms with Crippen LogP contribution in [0, 0.1) is 0 Å². The lowest BCUT2D eigenvalue weighted by atomic mass is 10.00. The van der Waals surface area contributed by atoms with Gasteiger partial charge >= 0.3 is 0 Å². The molecule has 0 radical (unpaired) electrons. The first-order valence-electron chi connectivity index (χ1n) is 10.8. The molecular weight excluding hydrogens is 388 g/mol. The molecule has 0 atom stereocenters. The quantitative estimate of drug-likeness (QED) is 0.300. The van der Waals surface area contributed by atoms with Gasteiger partial charge in [0.15, 0.2) is 0 Å². The molecule has 0 spiro atoms. The predicted molar refractivity (Wildman–Crippen MR) is 136 cm³/mol. The zero-order valence-electron chi connectivity index (χ0n) is 17.7. The lowest BCUT2D eigenvalue weighted by Gasteiger charge is -2.30. The Bertz CT molecular complexity index is 1230. The second kappa shape index (κ2) is 9.23. The van der Waals surface area contributed by atoms with Gasteiger partial charge in [-0.15, -0.1) is 0 Å². The van der Waals surface area contributed by atoms with Crippen molar-refractivity contribution in [3.63, 3.8) is 0 Å². The second-order valence-corrected chi connectivity index (χ2v) is 7.57. The third-order valence-corrected chi connectivity index (χ3v) is 5.43. The van der Waals surface area contributed by atoms with E-state index in [1.807, 2.05) is 6.07 Å². The van der Waals surface area contributed by atoms with Crippen molar-refractivity contribution in [3.8, 4) is 11.1 Å². The standard InChI is InChI=1S/C30H24N2/c1-5-14-24(15-6-1)28-22-13-23-29(31-25-16-7-2-8-17-25)30(28)32(26-18-9-3-10-19-26)27-20-11-4-12-21-27/h1-23,31H. The number of hydrogen-bond acceptors (Lipinski definition) is 2. The second-order valence-electron chi connectivity index (χ2n) is 7.57. The summed E-state index contributed by atoms with van der Waals surface area (Å²) in [7, 11) is 0. The monoisotopic (exact) mass is 412 g/mol. The maximum Gasteiger partial charge on any atom is 0.0775 e. The Morgan fingerprint density at radius 1 is 0.438 bits per heavy atom. The van der Waals surface area contributed by atoms with Crippen LogP contribution in [0.15, 0.2) is 140 Å². The van der Waals surface area contributed by atoms with Crippen LogP contribution in [0.1, 0.15) is 0 Å². The summed E-state index contributed by atoms with van der Waals surface area (Å²) >= 11 is 0. The van der Waals surface area contributed by atoms with Crippen molar-refractivity contribution in [1.82, 2.24) is 0 Å². The van der Waals surface area contributed by atoms with E-state index in [9.17, 15) is 0 Å². The maximum absolute atomic E-state index is 3.66. The lowest BCUT2D eigenvalue weighted by molar-refractivity contribution is 1.28. The Kier molecular flexibility index (Phi) is 5.67. The fourth-order valence-corrected chi connectivity index (χ4v) is 3.97. The first-order chi connectivity index (χ1) is 15.9. The van der Waals surface area contributed by atoms with Crippen molar-refractivity contribution in [2.45, 2.75) is 0 Å². The fraction of sp³-hybridized carbons (Fsp3) is 0. The third-order valence-electron chi connectivity index (χ3n) is 5.43. The van der Waals surface area contributed by atoms with E-state index in [4.69, 9.17) is 0 Å². The topological polar surface area (TPSA) is 15.3 Å². The van der Waals surface area contributed by atoms with Crippen molar-refractivity contribution in [2.24, 2.45) is 0 Å². The number of anilines is 5. The van der Waals surface area contributed by atoms with Gasteiger partial charge in [0.1, 0.15) is 0 Å². The van der Waals surface area contributed by atoms with Gasteiger partial charge in [-0.1, -0.05) is 97.1 Å². The molecule has 0 aliphatic rings. The van der Waals surface area contributed by atoms with Gasteiger partial charge in [-0.3, -0.25) is 0 Å². The first kappa shape index (κ1) is 19.7. The highest BCUT2D eigenvalue weighted by Crippen LogP contribution is 2.45. The molecule has 0 unspecified atom stereocenters. The number of nitrogens with one attached hydrogen (secondary N) is 1. The molecule has 2 heteroatoms. The van der Waals surface area contributed by atoms with Crippen molar-refractivity contribution in [2.75, 3.05) is 10.2 Å².